The van der Waals surface area contributed by atoms with Gasteiger partial charge in [-0.1, -0.05) is 18.2 Å². The highest BCUT2D eigenvalue weighted by Crippen LogP contribution is 2.38. The third-order valence-electron chi connectivity index (χ3n) is 3.76. The summed E-state index contributed by atoms with van der Waals surface area (Å²) in [7, 11) is 0. The van der Waals surface area contributed by atoms with Crippen LogP contribution in [-0.4, -0.2) is 24.0 Å². The van der Waals surface area contributed by atoms with Crippen molar-refractivity contribution in [1.82, 2.24) is 0 Å². The van der Waals surface area contributed by atoms with E-state index in [0.717, 1.165) is 0 Å². The van der Waals surface area contributed by atoms with Gasteiger partial charge in [-0.2, -0.15) is 0 Å². The van der Waals surface area contributed by atoms with Crippen LogP contribution in [-0.2, 0) is 9.59 Å². The van der Waals surface area contributed by atoms with Crippen LogP contribution in [0.25, 0.3) is 0 Å². The lowest BCUT2D eigenvalue weighted by Gasteiger charge is -2.38. The lowest BCUT2D eigenvalue weighted by atomic mass is 10.0. The van der Waals surface area contributed by atoms with Crippen LogP contribution in [0.3, 0.4) is 0 Å². The van der Waals surface area contributed by atoms with Crippen molar-refractivity contribution in [1.29, 1.82) is 0 Å². The van der Waals surface area contributed by atoms with Crippen LogP contribution >= 0.6 is 0 Å². The molecule has 0 saturated heterocycles. The zero-order chi connectivity index (χ0) is 17.3. The largest absolute Gasteiger partial charge is 0.476 e. The van der Waals surface area contributed by atoms with E-state index in [-0.39, 0.29) is 18.4 Å². The van der Waals surface area contributed by atoms with Gasteiger partial charge in [0.25, 0.3) is 5.91 Å². The van der Waals surface area contributed by atoms with Crippen molar-refractivity contribution >= 4 is 28.9 Å². The van der Waals surface area contributed by atoms with E-state index in [1.165, 1.54) is 4.90 Å². The first-order chi connectivity index (χ1) is 11.4. The fourth-order valence-electron chi connectivity index (χ4n) is 2.61. The van der Waals surface area contributed by atoms with Crippen molar-refractivity contribution in [3.8, 4) is 5.75 Å². The minimum Gasteiger partial charge on any atom is -0.476 e. The fraction of sp³-hybridized carbons (Fsp3) is 0.222. The van der Waals surface area contributed by atoms with Gasteiger partial charge >= 0.3 is 0 Å². The van der Waals surface area contributed by atoms with Gasteiger partial charge in [0.1, 0.15) is 12.3 Å². The Morgan fingerprint density at radius 2 is 1.92 bits per heavy atom. The maximum absolute atomic E-state index is 12.7. The van der Waals surface area contributed by atoms with E-state index < -0.39 is 5.60 Å². The monoisotopic (exact) mass is 325 g/mol. The molecule has 0 bridgehead atoms. The molecule has 0 radical (unpaired) electrons. The predicted molar refractivity (Wildman–Crippen MR) is 93.0 cm³/mol. The second-order valence-corrected chi connectivity index (χ2v) is 6.15. The maximum Gasteiger partial charge on any atom is 0.271 e. The Labute approximate surface area is 140 Å². The summed E-state index contributed by atoms with van der Waals surface area (Å²) in [6.07, 6.45) is 0. The first-order valence-electron chi connectivity index (χ1n) is 7.62. The SMILES string of the molecule is CC1(C)Oc2cc(N)ccc2N(CC(=O)Nc2ccccc2)C1=O. The van der Waals surface area contributed by atoms with Gasteiger partial charge in [0.05, 0.1) is 5.69 Å². The highest BCUT2D eigenvalue weighted by molar-refractivity contribution is 6.07. The number of nitrogens with one attached hydrogen (secondary N) is 1. The van der Waals surface area contributed by atoms with E-state index in [1.807, 2.05) is 18.2 Å². The number of fused-ring (bicyclic) bond motifs is 1. The minimum atomic E-state index is -1.06. The molecule has 1 aliphatic heterocycles. The first-order valence-corrected chi connectivity index (χ1v) is 7.62. The van der Waals surface area contributed by atoms with Crippen molar-refractivity contribution < 1.29 is 14.3 Å². The number of nitrogens with zero attached hydrogens (tertiary/aromatic N) is 1. The summed E-state index contributed by atoms with van der Waals surface area (Å²) in [4.78, 5) is 26.4. The Morgan fingerprint density at radius 3 is 2.62 bits per heavy atom. The number of hydrogen-bond donors (Lipinski definition) is 2. The standard InChI is InChI=1S/C18H19N3O3/c1-18(2)17(23)21(14-9-8-12(19)10-15(14)24-18)11-16(22)20-13-6-4-3-5-7-13/h3-10H,11,19H2,1-2H3,(H,20,22). The van der Waals surface area contributed by atoms with Gasteiger partial charge in [0.2, 0.25) is 5.91 Å². The molecule has 24 heavy (non-hydrogen) atoms. The van der Waals surface area contributed by atoms with Gasteiger partial charge in [-0.25, -0.2) is 0 Å². The molecule has 6 heteroatoms. The summed E-state index contributed by atoms with van der Waals surface area (Å²) < 4.78 is 5.74. The number of hydrogen-bond acceptors (Lipinski definition) is 4. The average Bonchev–Trinajstić information content (AvgIpc) is 2.52. The molecule has 3 rings (SSSR count). The van der Waals surface area contributed by atoms with Crippen molar-refractivity contribution in [3.63, 3.8) is 0 Å². The topological polar surface area (TPSA) is 84.7 Å². The van der Waals surface area contributed by atoms with Crippen LogP contribution < -0.4 is 20.7 Å². The second kappa shape index (κ2) is 5.88. The van der Waals surface area contributed by atoms with Crippen LogP contribution in [0.1, 0.15) is 13.8 Å². The van der Waals surface area contributed by atoms with Gasteiger partial charge < -0.3 is 15.8 Å². The van der Waals surface area contributed by atoms with Crippen molar-refractivity contribution in [2.24, 2.45) is 0 Å². The van der Waals surface area contributed by atoms with Gasteiger partial charge in [-0.15, -0.1) is 0 Å². The first kappa shape index (κ1) is 15.9. The summed E-state index contributed by atoms with van der Waals surface area (Å²) in [6, 6.07) is 14.1. The molecule has 6 nitrogen and oxygen atoms in total. The number of amides is 2. The number of nitrogens with two attached hydrogens (primary N) is 1. The normalized spacial score (nSPS) is 15.4. The Balaban J connectivity index is 1.86. The molecule has 2 aromatic carbocycles. The van der Waals surface area contributed by atoms with Gasteiger partial charge in [0, 0.05) is 17.4 Å². The zero-order valence-corrected chi connectivity index (χ0v) is 13.6. The quantitative estimate of drug-likeness (QED) is 0.849. The molecule has 1 heterocycles. The molecule has 124 valence electrons. The number of anilines is 3. The Bertz CT molecular complexity index is 787. The summed E-state index contributed by atoms with van der Waals surface area (Å²) in [5.74, 6) is -0.0647. The smallest absolute Gasteiger partial charge is 0.271 e. The third kappa shape index (κ3) is 3.03. The van der Waals surface area contributed by atoms with Gasteiger partial charge in [0.15, 0.2) is 5.60 Å². The molecule has 2 amide bonds. The molecule has 2 aromatic rings. The van der Waals surface area contributed by atoms with Gasteiger partial charge in [-0.3, -0.25) is 14.5 Å². The van der Waals surface area contributed by atoms with Gasteiger partial charge in [-0.05, 0) is 38.1 Å². The zero-order valence-electron chi connectivity index (χ0n) is 13.6. The molecule has 0 atom stereocenters. The highest BCUT2D eigenvalue weighted by atomic mass is 16.5. The number of ether oxygens (including phenoxy) is 1. The molecule has 0 aromatic heterocycles. The Morgan fingerprint density at radius 1 is 1.21 bits per heavy atom. The van der Waals surface area contributed by atoms with E-state index in [4.69, 9.17) is 10.5 Å². The number of benzene rings is 2. The molecule has 0 unspecified atom stereocenters. The minimum absolute atomic E-state index is 0.0998. The molecule has 0 aliphatic carbocycles. The third-order valence-corrected chi connectivity index (χ3v) is 3.76. The number of carbonyl (C=O) groups is 2. The molecule has 0 fully saturated rings. The molecule has 0 spiro atoms. The Kier molecular flexibility index (Phi) is 3.89. The van der Waals surface area contributed by atoms with Crippen molar-refractivity contribution in [3.05, 3.63) is 48.5 Å². The lowest BCUT2D eigenvalue weighted by Crippen LogP contribution is -2.54. The van der Waals surface area contributed by atoms with E-state index in [0.29, 0.717) is 22.8 Å². The maximum atomic E-state index is 12.7. The molecule has 3 N–H and O–H groups in total. The number of carbonyl (C=O) groups excluding carboxylic acids is 2. The fourth-order valence-corrected chi connectivity index (χ4v) is 2.61. The Hall–Kier alpha value is -3.02. The van der Waals surface area contributed by atoms with Crippen LogP contribution in [0.4, 0.5) is 17.1 Å². The summed E-state index contributed by atoms with van der Waals surface area (Å²) in [5, 5.41) is 2.78. The van der Waals surface area contributed by atoms with Crippen molar-refractivity contribution in [2.75, 3.05) is 22.5 Å². The predicted octanol–water partition coefficient (Wildman–Crippen LogP) is 2.41. The van der Waals surface area contributed by atoms with Crippen LogP contribution in [0, 0.1) is 0 Å². The van der Waals surface area contributed by atoms with E-state index in [9.17, 15) is 9.59 Å². The number of nitrogen functional groups attached to an aromatic ring is 1. The second-order valence-electron chi connectivity index (χ2n) is 6.15. The molecular weight excluding hydrogens is 306 g/mol. The average molecular weight is 325 g/mol. The number of para-hydroxylation sites is 1. The van der Waals surface area contributed by atoms with Crippen LogP contribution in [0.15, 0.2) is 48.5 Å². The summed E-state index contributed by atoms with van der Waals surface area (Å²) >= 11 is 0. The van der Waals surface area contributed by atoms with E-state index >= 15 is 0 Å². The van der Waals surface area contributed by atoms with E-state index in [1.54, 1.807) is 44.2 Å². The van der Waals surface area contributed by atoms with Crippen molar-refractivity contribution in [2.45, 2.75) is 19.4 Å². The van der Waals surface area contributed by atoms with Crippen LogP contribution in [0.2, 0.25) is 0 Å². The van der Waals surface area contributed by atoms with Crippen LogP contribution in [0.5, 0.6) is 5.75 Å². The highest BCUT2D eigenvalue weighted by Gasteiger charge is 2.41. The number of rotatable bonds is 3. The summed E-state index contributed by atoms with van der Waals surface area (Å²) in [5.41, 5.74) is 6.48. The lowest BCUT2D eigenvalue weighted by molar-refractivity contribution is -0.133. The molecule has 0 saturated carbocycles. The molecular formula is C18H19N3O3. The molecule has 1 aliphatic rings. The summed E-state index contributed by atoms with van der Waals surface area (Å²) in [6.45, 7) is 3.24. The van der Waals surface area contributed by atoms with E-state index in [2.05, 4.69) is 5.32 Å².